The number of hydrogen-bond acceptors (Lipinski definition) is 4. The molecule has 0 unspecified atom stereocenters. The maximum atomic E-state index is 12.9. The van der Waals surface area contributed by atoms with E-state index in [-0.39, 0.29) is 27.7 Å². The summed E-state index contributed by atoms with van der Waals surface area (Å²) in [4.78, 5) is 12.6. The topological polar surface area (TPSA) is 60.4 Å². The van der Waals surface area contributed by atoms with Gasteiger partial charge in [-0.15, -0.1) is 0 Å². The average Bonchev–Trinajstić information content (AvgIpc) is 3.11. The molecule has 182 valence electrons. The van der Waals surface area contributed by atoms with Gasteiger partial charge in [0.2, 0.25) is 0 Å². The van der Waals surface area contributed by atoms with Crippen LogP contribution in [0.5, 0.6) is 0 Å². The fourth-order valence-electron chi connectivity index (χ4n) is 8.91. The molecule has 0 heterocycles. The van der Waals surface area contributed by atoms with Gasteiger partial charge < -0.3 is 0 Å². The summed E-state index contributed by atoms with van der Waals surface area (Å²) in [6.07, 6.45) is 9.58. The predicted octanol–water partition coefficient (Wildman–Crippen LogP) is 6.32. The normalized spacial score (nSPS) is 42.8. The van der Waals surface area contributed by atoms with Gasteiger partial charge in [0.15, 0.2) is 0 Å². The predicted molar refractivity (Wildman–Crippen MR) is 129 cm³/mol. The molecule has 1 aromatic rings. The molecule has 0 aromatic heterocycles. The van der Waals surface area contributed by atoms with Crippen molar-refractivity contribution >= 4 is 15.9 Å². The molecule has 0 N–H and O–H groups in total. The standard InChI is InChI=1S/C28H40O4S/c1-18-5-8-22(9-6-18)33(30,31)32-21-13-15-27(3)20(17-21)7-10-23-25-12-11-24(19(2)29)28(25,4)16-14-26(23)27/h5-6,8-9,20-21,23-26H,7,10-17H2,1-4H3/t20-,21-,23-,24+,25-,26-,27-,28+/m1/s1. The molecule has 0 aliphatic heterocycles. The second-order valence-corrected chi connectivity index (χ2v) is 13.8. The number of benzene rings is 1. The summed E-state index contributed by atoms with van der Waals surface area (Å²) < 4.78 is 31.5. The Kier molecular flexibility index (Phi) is 5.84. The van der Waals surface area contributed by atoms with Gasteiger partial charge in [0.1, 0.15) is 5.78 Å². The van der Waals surface area contributed by atoms with Crippen molar-refractivity contribution in [2.75, 3.05) is 0 Å². The zero-order valence-electron chi connectivity index (χ0n) is 20.7. The molecule has 4 fully saturated rings. The third-order valence-corrected chi connectivity index (χ3v) is 12.1. The molecule has 33 heavy (non-hydrogen) atoms. The highest BCUT2D eigenvalue weighted by molar-refractivity contribution is 7.86. The van der Waals surface area contributed by atoms with Gasteiger partial charge in [-0.05, 0) is 118 Å². The first kappa shape index (κ1) is 23.5. The Bertz CT molecular complexity index is 1010. The van der Waals surface area contributed by atoms with Crippen molar-refractivity contribution in [3.05, 3.63) is 29.8 Å². The van der Waals surface area contributed by atoms with Crippen LogP contribution >= 0.6 is 0 Å². The number of aryl methyl sites for hydroxylation is 1. The summed E-state index contributed by atoms with van der Waals surface area (Å²) >= 11 is 0. The van der Waals surface area contributed by atoms with Gasteiger partial charge in [0, 0.05) is 5.92 Å². The molecule has 0 radical (unpaired) electrons. The lowest BCUT2D eigenvalue weighted by Crippen LogP contribution is -2.54. The largest absolute Gasteiger partial charge is 0.300 e. The highest BCUT2D eigenvalue weighted by Crippen LogP contribution is 2.67. The molecule has 5 heteroatoms. The maximum absolute atomic E-state index is 12.9. The van der Waals surface area contributed by atoms with Crippen LogP contribution in [-0.4, -0.2) is 20.3 Å². The molecule has 1 aromatic carbocycles. The fraction of sp³-hybridized carbons (Fsp3) is 0.750. The quantitative estimate of drug-likeness (QED) is 0.481. The van der Waals surface area contributed by atoms with Crippen molar-refractivity contribution in [1.82, 2.24) is 0 Å². The van der Waals surface area contributed by atoms with E-state index in [9.17, 15) is 13.2 Å². The molecule has 4 saturated carbocycles. The minimum Gasteiger partial charge on any atom is -0.300 e. The van der Waals surface area contributed by atoms with Crippen LogP contribution < -0.4 is 0 Å². The van der Waals surface area contributed by atoms with Crippen molar-refractivity contribution in [1.29, 1.82) is 0 Å². The zero-order valence-corrected chi connectivity index (χ0v) is 21.5. The van der Waals surface area contributed by atoms with E-state index in [0.29, 0.717) is 23.5 Å². The van der Waals surface area contributed by atoms with Crippen LogP contribution in [0.4, 0.5) is 0 Å². The van der Waals surface area contributed by atoms with Crippen molar-refractivity contribution in [3.63, 3.8) is 0 Å². The first-order valence-electron chi connectivity index (χ1n) is 13.0. The van der Waals surface area contributed by atoms with Crippen molar-refractivity contribution in [2.24, 2.45) is 40.4 Å². The first-order valence-corrected chi connectivity index (χ1v) is 14.5. The van der Waals surface area contributed by atoms with Gasteiger partial charge in [0.25, 0.3) is 10.1 Å². The summed E-state index contributed by atoms with van der Waals surface area (Å²) in [5.41, 5.74) is 1.50. The Labute approximate surface area is 200 Å². The fourth-order valence-corrected chi connectivity index (χ4v) is 10.0. The van der Waals surface area contributed by atoms with Crippen molar-refractivity contribution in [2.45, 2.75) is 96.5 Å². The van der Waals surface area contributed by atoms with Crippen LogP contribution in [0, 0.1) is 47.3 Å². The van der Waals surface area contributed by atoms with E-state index in [4.69, 9.17) is 4.18 Å². The highest BCUT2D eigenvalue weighted by atomic mass is 32.2. The number of carbonyl (C=O) groups is 1. The summed E-state index contributed by atoms with van der Waals surface area (Å²) in [5.74, 6) is 3.28. The lowest BCUT2D eigenvalue weighted by molar-refractivity contribution is -0.137. The van der Waals surface area contributed by atoms with E-state index < -0.39 is 10.1 Å². The van der Waals surface area contributed by atoms with Gasteiger partial charge in [-0.1, -0.05) is 31.5 Å². The minimum absolute atomic E-state index is 0.193. The van der Waals surface area contributed by atoms with E-state index in [2.05, 4.69) is 13.8 Å². The Balaban J connectivity index is 1.30. The van der Waals surface area contributed by atoms with Crippen LogP contribution in [0.2, 0.25) is 0 Å². The Morgan fingerprint density at radius 2 is 1.58 bits per heavy atom. The lowest BCUT2D eigenvalue weighted by atomic mass is 9.44. The summed E-state index contributed by atoms with van der Waals surface area (Å²) in [6, 6.07) is 6.95. The van der Waals surface area contributed by atoms with Crippen LogP contribution in [0.1, 0.15) is 84.1 Å². The number of Topliss-reactive ketones (excluding diaryl/α,β-unsaturated/α-hetero) is 1. The molecule has 0 amide bonds. The van der Waals surface area contributed by atoms with E-state index in [1.807, 2.05) is 19.1 Å². The summed E-state index contributed by atoms with van der Waals surface area (Å²) in [7, 11) is -3.72. The van der Waals surface area contributed by atoms with Crippen LogP contribution in [0.25, 0.3) is 0 Å². The van der Waals surface area contributed by atoms with E-state index >= 15 is 0 Å². The third-order valence-electron chi connectivity index (χ3n) is 10.7. The highest BCUT2D eigenvalue weighted by Gasteiger charge is 2.61. The smallest absolute Gasteiger partial charge is 0.297 e. The van der Waals surface area contributed by atoms with E-state index in [1.165, 1.54) is 32.1 Å². The van der Waals surface area contributed by atoms with Gasteiger partial charge in [-0.25, -0.2) is 0 Å². The van der Waals surface area contributed by atoms with Crippen LogP contribution in [0.3, 0.4) is 0 Å². The third kappa shape index (κ3) is 3.82. The Morgan fingerprint density at radius 1 is 0.909 bits per heavy atom. The zero-order chi connectivity index (χ0) is 23.6. The van der Waals surface area contributed by atoms with Gasteiger partial charge in [-0.2, -0.15) is 8.42 Å². The van der Waals surface area contributed by atoms with Crippen LogP contribution in [0.15, 0.2) is 29.2 Å². The van der Waals surface area contributed by atoms with Gasteiger partial charge >= 0.3 is 0 Å². The molecular weight excluding hydrogens is 432 g/mol. The number of hydrogen-bond donors (Lipinski definition) is 0. The second kappa shape index (κ2) is 8.19. The monoisotopic (exact) mass is 472 g/mol. The number of ketones is 1. The molecule has 8 atom stereocenters. The molecule has 0 spiro atoms. The van der Waals surface area contributed by atoms with Gasteiger partial charge in [0.05, 0.1) is 11.0 Å². The summed E-state index contributed by atoms with van der Waals surface area (Å²) in [5, 5.41) is 0. The average molecular weight is 473 g/mol. The molecule has 4 nitrogen and oxygen atoms in total. The molecular formula is C28H40O4S. The maximum Gasteiger partial charge on any atom is 0.297 e. The number of rotatable bonds is 4. The Morgan fingerprint density at radius 3 is 2.27 bits per heavy atom. The first-order chi connectivity index (χ1) is 15.5. The molecule has 4 aliphatic rings. The van der Waals surface area contributed by atoms with E-state index in [1.54, 1.807) is 19.1 Å². The Hall–Kier alpha value is -1.20. The molecule has 0 saturated heterocycles. The molecule has 5 rings (SSSR count). The summed E-state index contributed by atoms with van der Waals surface area (Å²) in [6.45, 7) is 8.64. The molecule has 4 aliphatic carbocycles. The van der Waals surface area contributed by atoms with Crippen LogP contribution in [-0.2, 0) is 19.1 Å². The SMILES string of the molecule is CC(=O)[C@@H]1CC[C@@H]2[C@H]3CC[C@@H]4C[C@H](OS(=O)(=O)c5ccc(C)cc5)CC[C@@]4(C)[C@@H]3CC[C@]21C. The van der Waals surface area contributed by atoms with Crippen molar-refractivity contribution < 1.29 is 17.4 Å². The number of carbonyl (C=O) groups excluding carboxylic acids is 1. The van der Waals surface area contributed by atoms with Gasteiger partial charge in [-0.3, -0.25) is 8.98 Å². The molecule has 0 bridgehead atoms. The minimum atomic E-state index is -3.72. The second-order valence-electron chi connectivity index (χ2n) is 12.2. The lowest BCUT2D eigenvalue weighted by Gasteiger charge is -2.61. The number of fused-ring (bicyclic) bond motifs is 5. The van der Waals surface area contributed by atoms with Crippen molar-refractivity contribution in [3.8, 4) is 0 Å². The van der Waals surface area contributed by atoms with E-state index in [0.717, 1.165) is 37.2 Å².